The first-order chi connectivity index (χ1) is 12.5. The molecule has 0 heterocycles. The lowest BCUT2D eigenvalue weighted by molar-refractivity contribution is 1.55. The van der Waals surface area contributed by atoms with Crippen LogP contribution in [-0.2, 0) is 0 Å². The summed E-state index contributed by atoms with van der Waals surface area (Å²) in [6.07, 6.45) is 3.92. The molecule has 0 fully saturated rings. The first-order valence-corrected chi connectivity index (χ1v) is 12.3. The van der Waals surface area contributed by atoms with Crippen molar-refractivity contribution in [2.45, 2.75) is 19.6 Å². The summed E-state index contributed by atoms with van der Waals surface area (Å²) in [5, 5.41) is 2.47. The van der Waals surface area contributed by atoms with Crippen molar-refractivity contribution >= 4 is 30.6 Å². The fraction of sp³-hybridized carbons (Fsp3) is 0.125. The first kappa shape index (κ1) is 17.9. The Morgan fingerprint density at radius 1 is 0.846 bits per heavy atom. The Labute approximate surface area is 157 Å². The minimum absolute atomic E-state index is 0.824. The number of aliphatic imine (C=N–C) groups is 1. The highest BCUT2D eigenvalue weighted by atomic mass is 28.3. The maximum atomic E-state index is 4.68. The molecule has 0 radical (unpaired) electrons. The summed E-state index contributed by atoms with van der Waals surface area (Å²) in [7, 11) is -1.46. The third kappa shape index (κ3) is 4.81. The van der Waals surface area contributed by atoms with Gasteiger partial charge in [-0.1, -0.05) is 98.4 Å². The Bertz CT molecular complexity index is 1010. The summed E-state index contributed by atoms with van der Waals surface area (Å²) < 4.78 is 0. The molecule has 26 heavy (non-hydrogen) atoms. The average molecular weight is 354 g/mol. The molecule has 128 valence electrons. The highest BCUT2D eigenvalue weighted by molar-refractivity contribution is 6.84. The molecule has 0 spiro atoms. The number of hydrogen-bond acceptors (Lipinski definition) is 1. The minimum Gasteiger partial charge on any atom is -0.247 e. The van der Waals surface area contributed by atoms with Crippen molar-refractivity contribution in [1.82, 2.24) is 0 Å². The number of nitrogens with zero attached hydrogens (tertiary/aromatic N) is 1. The molecule has 0 aromatic heterocycles. The van der Waals surface area contributed by atoms with Crippen LogP contribution in [0.15, 0.2) is 84.0 Å². The Morgan fingerprint density at radius 3 is 2.31 bits per heavy atom. The number of benzene rings is 3. The third-order valence-corrected chi connectivity index (χ3v) is 4.76. The molecule has 0 aliphatic heterocycles. The molecule has 0 aliphatic carbocycles. The topological polar surface area (TPSA) is 12.4 Å². The van der Waals surface area contributed by atoms with E-state index in [1.54, 1.807) is 0 Å². The maximum absolute atomic E-state index is 4.68. The summed E-state index contributed by atoms with van der Waals surface area (Å²) in [5.41, 5.74) is 6.47. The fourth-order valence-corrected chi connectivity index (χ4v) is 3.10. The maximum Gasteiger partial charge on any atom is 0.129 e. The molecule has 0 N–H and O–H groups in total. The molecule has 0 aliphatic rings. The van der Waals surface area contributed by atoms with Crippen molar-refractivity contribution in [3.05, 3.63) is 90.1 Å². The van der Waals surface area contributed by atoms with E-state index in [-0.39, 0.29) is 0 Å². The Balaban J connectivity index is 1.97. The predicted molar refractivity (Wildman–Crippen MR) is 117 cm³/mol. The van der Waals surface area contributed by atoms with E-state index < -0.39 is 8.07 Å². The van der Waals surface area contributed by atoms with Crippen LogP contribution in [0.1, 0.15) is 11.1 Å². The molecular weight excluding hydrogens is 330 g/mol. The van der Waals surface area contributed by atoms with Crippen LogP contribution in [0.4, 0.5) is 0 Å². The monoisotopic (exact) mass is 353 g/mol. The van der Waals surface area contributed by atoms with Gasteiger partial charge in [0.15, 0.2) is 0 Å². The molecule has 0 unspecified atom stereocenters. The molecular formula is C24H23NSi. The number of hydrogen-bond donors (Lipinski definition) is 0. The summed E-state index contributed by atoms with van der Waals surface area (Å²) in [5.74, 6) is 3.31. The van der Waals surface area contributed by atoms with Crippen molar-refractivity contribution in [3.63, 3.8) is 0 Å². The van der Waals surface area contributed by atoms with E-state index in [4.69, 9.17) is 0 Å². The molecule has 3 aromatic rings. The van der Waals surface area contributed by atoms with E-state index in [9.17, 15) is 0 Å². The summed E-state index contributed by atoms with van der Waals surface area (Å²) >= 11 is 0. The molecule has 3 aromatic carbocycles. The molecule has 3 rings (SSSR count). The summed E-state index contributed by atoms with van der Waals surface area (Å²) in [4.78, 5) is 4.68. The zero-order valence-electron chi connectivity index (χ0n) is 15.5. The molecule has 0 saturated heterocycles. The smallest absolute Gasteiger partial charge is 0.129 e. The van der Waals surface area contributed by atoms with Crippen LogP contribution in [0.25, 0.3) is 16.8 Å². The largest absolute Gasteiger partial charge is 0.247 e. The van der Waals surface area contributed by atoms with Crippen molar-refractivity contribution in [3.8, 4) is 11.5 Å². The van der Waals surface area contributed by atoms with E-state index in [1.165, 1.54) is 10.8 Å². The molecule has 0 saturated carbocycles. The van der Waals surface area contributed by atoms with Gasteiger partial charge in [0.1, 0.15) is 13.8 Å². The summed E-state index contributed by atoms with van der Waals surface area (Å²) in [6.45, 7) is 6.73. The van der Waals surface area contributed by atoms with Gasteiger partial charge in [-0.15, -0.1) is 5.54 Å². The molecule has 2 heteroatoms. The first-order valence-electron chi connectivity index (χ1n) is 8.84. The van der Waals surface area contributed by atoms with Gasteiger partial charge in [0.05, 0.1) is 0 Å². The fourth-order valence-electron chi connectivity index (χ4n) is 2.61. The van der Waals surface area contributed by atoms with Crippen LogP contribution in [0.5, 0.6) is 0 Å². The highest BCUT2D eigenvalue weighted by Gasteiger charge is 2.08. The van der Waals surface area contributed by atoms with E-state index in [2.05, 4.69) is 96.8 Å². The van der Waals surface area contributed by atoms with Gasteiger partial charge in [0, 0.05) is 11.8 Å². The number of fused-ring (bicyclic) bond motifs is 1. The predicted octanol–water partition coefficient (Wildman–Crippen LogP) is 6.18. The second-order valence-electron chi connectivity index (χ2n) is 7.23. The van der Waals surface area contributed by atoms with Crippen molar-refractivity contribution < 1.29 is 0 Å². The third-order valence-electron chi connectivity index (χ3n) is 3.88. The molecule has 0 amide bonds. The average Bonchev–Trinajstić information content (AvgIpc) is 2.64. The normalized spacial score (nSPS) is 12.2. The molecule has 0 atom stereocenters. The standard InChI is InChI=1S/C24H23NSi/c1-26(2,3)19-17-24(22-11-5-4-6-12-22)25-18-16-21-14-9-13-20-10-7-8-15-23(20)21/h4-16,18H,1-3H3/b18-16+,25-24?. The van der Waals surface area contributed by atoms with Gasteiger partial charge in [-0.3, -0.25) is 0 Å². The lowest BCUT2D eigenvalue weighted by Gasteiger charge is -2.04. The van der Waals surface area contributed by atoms with Crippen molar-refractivity contribution in [2.24, 2.45) is 4.99 Å². The van der Waals surface area contributed by atoms with Gasteiger partial charge in [-0.05, 0) is 22.4 Å². The Hall–Kier alpha value is -2.89. The van der Waals surface area contributed by atoms with E-state index >= 15 is 0 Å². The Kier molecular flexibility index (Phi) is 5.51. The summed E-state index contributed by atoms with van der Waals surface area (Å²) in [6, 6.07) is 24.9. The van der Waals surface area contributed by atoms with E-state index in [0.29, 0.717) is 0 Å². The van der Waals surface area contributed by atoms with E-state index in [1.807, 2.05) is 24.4 Å². The van der Waals surface area contributed by atoms with Crippen LogP contribution in [0.2, 0.25) is 19.6 Å². The van der Waals surface area contributed by atoms with Crippen LogP contribution in [-0.4, -0.2) is 13.8 Å². The van der Waals surface area contributed by atoms with Crippen molar-refractivity contribution in [1.29, 1.82) is 0 Å². The lowest BCUT2D eigenvalue weighted by Crippen LogP contribution is -2.17. The SMILES string of the molecule is C[Si](C)(C)C#CC(=N/C=C/c1cccc2ccccc12)c1ccccc1. The van der Waals surface area contributed by atoms with Gasteiger partial charge in [-0.25, -0.2) is 4.99 Å². The zero-order chi connectivity index (χ0) is 18.4. The number of rotatable bonds is 3. The minimum atomic E-state index is -1.46. The van der Waals surface area contributed by atoms with Crippen LogP contribution in [0.3, 0.4) is 0 Å². The zero-order valence-corrected chi connectivity index (χ0v) is 16.5. The highest BCUT2D eigenvalue weighted by Crippen LogP contribution is 2.19. The van der Waals surface area contributed by atoms with Gasteiger partial charge in [0.2, 0.25) is 0 Å². The van der Waals surface area contributed by atoms with Crippen LogP contribution in [0, 0.1) is 11.5 Å². The molecule has 0 bridgehead atoms. The Morgan fingerprint density at radius 2 is 1.54 bits per heavy atom. The second kappa shape index (κ2) is 7.99. The quantitative estimate of drug-likeness (QED) is 0.303. The lowest BCUT2D eigenvalue weighted by atomic mass is 10.0. The van der Waals surface area contributed by atoms with Gasteiger partial charge < -0.3 is 0 Å². The van der Waals surface area contributed by atoms with E-state index in [0.717, 1.165) is 16.8 Å². The van der Waals surface area contributed by atoms with Crippen molar-refractivity contribution in [2.75, 3.05) is 0 Å². The van der Waals surface area contributed by atoms with Crippen LogP contribution >= 0.6 is 0 Å². The van der Waals surface area contributed by atoms with Gasteiger partial charge >= 0.3 is 0 Å². The second-order valence-corrected chi connectivity index (χ2v) is 12.0. The van der Waals surface area contributed by atoms with Crippen LogP contribution < -0.4 is 0 Å². The van der Waals surface area contributed by atoms with Gasteiger partial charge in [-0.2, -0.15) is 0 Å². The molecule has 1 nitrogen and oxygen atoms in total. The van der Waals surface area contributed by atoms with Gasteiger partial charge in [0.25, 0.3) is 0 Å².